The summed E-state index contributed by atoms with van der Waals surface area (Å²) < 4.78 is 21.5. The lowest BCUT2D eigenvalue weighted by atomic mass is 10.1. The van der Waals surface area contributed by atoms with Gasteiger partial charge in [0.1, 0.15) is 23.0 Å². The molecular weight excluding hydrogens is 358 g/mol. The standard InChI is InChI=1S/C21H29N3O4/c1-22-21(24(2)14-15-7-9-16(25-3)10-8-15)23-13-18-19(27-5)11-17(26-4)12-20(18)28-6/h7-12H,13-14H2,1-6H3,(H,22,23). The fraction of sp³-hybridized carbons (Fsp3) is 0.381. The van der Waals surface area contributed by atoms with Gasteiger partial charge in [0.05, 0.1) is 40.5 Å². The lowest BCUT2D eigenvalue weighted by Crippen LogP contribution is -2.38. The smallest absolute Gasteiger partial charge is 0.193 e. The number of hydrogen-bond donors (Lipinski definition) is 1. The Morgan fingerprint density at radius 3 is 1.93 bits per heavy atom. The molecule has 0 saturated carbocycles. The van der Waals surface area contributed by atoms with Crippen molar-refractivity contribution in [3.63, 3.8) is 0 Å². The molecule has 0 aliphatic carbocycles. The largest absolute Gasteiger partial charge is 0.497 e. The Hall–Kier alpha value is -3.09. The van der Waals surface area contributed by atoms with E-state index in [0.29, 0.717) is 30.3 Å². The first-order chi connectivity index (χ1) is 13.6. The Morgan fingerprint density at radius 1 is 0.893 bits per heavy atom. The van der Waals surface area contributed by atoms with E-state index in [1.807, 2.05) is 48.3 Å². The van der Waals surface area contributed by atoms with E-state index in [1.165, 1.54) is 0 Å². The fourth-order valence-corrected chi connectivity index (χ4v) is 2.88. The number of rotatable bonds is 8. The van der Waals surface area contributed by atoms with Gasteiger partial charge in [0.25, 0.3) is 0 Å². The molecule has 0 saturated heterocycles. The van der Waals surface area contributed by atoms with E-state index >= 15 is 0 Å². The van der Waals surface area contributed by atoms with Gasteiger partial charge in [-0.3, -0.25) is 4.99 Å². The summed E-state index contributed by atoms with van der Waals surface area (Å²) in [5.74, 6) is 3.66. The summed E-state index contributed by atoms with van der Waals surface area (Å²) in [6.45, 7) is 1.20. The SMILES string of the molecule is CN=C(NCc1c(OC)cc(OC)cc1OC)N(C)Cc1ccc(OC)cc1. The second-order valence-corrected chi connectivity index (χ2v) is 6.12. The van der Waals surface area contributed by atoms with Crippen molar-refractivity contribution in [2.75, 3.05) is 42.5 Å². The second kappa shape index (κ2) is 10.3. The predicted octanol–water partition coefficient (Wildman–Crippen LogP) is 2.93. The third-order valence-corrected chi connectivity index (χ3v) is 4.39. The zero-order chi connectivity index (χ0) is 20.5. The Kier molecular flexibility index (Phi) is 7.80. The highest BCUT2D eigenvalue weighted by atomic mass is 16.5. The molecule has 0 unspecified atom stereocenters. The fourth-order valence-electron chi connectivity index (χ4n) is 2.88. The average Bonchev–Trinajstić information content (AvgIpc) is 2.74. The van der Waals surface area contributed by atoms with Gasteiger partial charge in [0, 0.05) is 32.8 Å². The Balaban J connectivity index is 2.10. The number of hydrogen-bond acceptors (Lipinski definition) is 5. The first-order valence-corrected chi connectivity index (χ1v) is 8.89. The molecule has 0 aliphatic rings. The number of nitrogens with one attached hydrogen (secondary N) is 1. The van der Waals surface area contributed by atoms with Crippen LogP contribution in [0.15, 0.2) is 41.4 Å². The molecule has 2 aromatic rings. The molecule has 7 heteroatoms. The van der Waals surface area contributed by atoms with Crippen LogP contribution in [-0.2, 0) is 13.1 Å². The van der Waals surface area contributed by atoms with Crippen LogP contribution in [0.2, 0.25) is 0 Å². The van der Waals surface area contributed by atoms with Crippen molar-refractivity contribution in [2.24, 2.45) is 4.99 Å². The normalized spacial score (nSPS) is 11.0. The number of ether oxygens (including phenoxy) is 4. The van der Waals surface area contributed by atoms with Crippen molar-refractivity contribution in [2.45, 2.75) is 13.1 Å². The van der Waals surface area contributed by atoms with Crippen LogP contribution < -0.4 is 24.3 Å². The highest BCUT2D eigenvalue weighted by molar-refractivity contribution is 5.79. The molecule has 7 nitrogen and oxygen atoms in total. The summed E-state index contributed by atoms with van der Waals surface area (Å²) in [5, 5.41) is 3.37. The van der Waals surface area contributed by atoms with Gasteiger partial charge in [0.2, 0.25) is 0 Å². The molecule has 152 valence electrons. The maximum Gasteiger partial charge on any atom is 0.193 e. The second-order valence-electron chi connectivity index (χ2n) is 6.12. The Labute approximate surface area is 166 Å². The van der Waals surface area contributed by atoms with Crippen molar-refractivity contribution >= 4 is 5.96 Å². The summed E-state index contributed by atoms with van der Waals surface area (Å²) >= 11 is 0. The van der Waals surface area contributed by atoms with Gasteiger partial charge in [-0.25, -0.2) is 0 Å². The molecule has 0 radical (unpaired) electrons. The molecule has 0 amide bonds. The van der Waals surface area contributed by atoms with Crippen LogP contribution in [0, 0.1) is 0 Å². The summed E-state index contributed by atoms with van der Waals surface area (Å²) in [7, 11) is 10.3. The van der Waals surface area contributed by atoms with Gasteiger partial charge in [-0.2, -0.15) is 0 Å². The van der Waals surface area contributed by atoms with Crippen LogP contribution in [-0.4, -0.2) is 53.4 Å². The highest BCUT2D eigenvalue weighted by Gasteiger charge is 2.15. The molecule has 0 aromatic heterocycles. The third kappa shape index (κ3) is 5.22. The first-order valence-electron chi connectivity index (χ1n) is 8.89. The number of benzene rings is 2. The summed E-state index contributed by atoms with van der Waals surface area (Å²) in [6, 6.07) is 11.7. The van der Waals surface area contributed by atoms with Crippen LogP contribution in [0.25, 0.3) is 0 Å². The maximum absolute atomic E-state index is 5.51. The molecule has 0 atom stereocenters. The van der Waals surface area contributed by atoms with Crippen LogP contribution in [0.1, 0.15) is 11.1 Å². The molecular formula is C21H29N3O4. The zero-order valence-electron chi connectivity index (χ0n) is 17.4. The minimum absolute atomic E-state index is 0.496. The number of nitrogens with zero attached hydrogens (tertiary/aromatic N) is 2. The quantitative estimate of drug-likeness (QED) is 0.555. The minimum atomic E-state index is 0.496. The molecule has 0 fully saturated rings. The van der Waals surface area contributed by atoms with Crippen molar-refractivity contribution in [3.8, 4) is 23.0 Å². The molecule has 28 heavy (non-hydrogen) atoms. The minimum Gasteiger partial charge on any atom is -0.497 e. The van der Waals surface area contributed by atoms with E-state index in [1.54, 1.807) is 35.5 Å². The first kappa shape index (κ1) is 21.2. The van der Waals surface area contributed by atoms with E-state index in [9.17, 15) is 0 Å². The monoisotopic (exact) mass is 387 g/mol. The van der Waals surface area contributed by atoms with Crippen molar-refractivity contribution in [1.29, 1.82) is 0 Å². The van der Waals surface area contributed by atoms with E-state index in [4.69, 9.17) is 18.9 Å². The summed E-state index contributed by atoms with van der Waals surface area (Å²) in [4.78, 5) is 6.42. The number of methoxy groups -OCH3 is 4. The third-order valence-electron chi connectivity index (χ3n) is 4.39. The lowest BCUT2D eigenvalue weighted by molar-refractivity contribution is 0.367. The maximum atomic E-state index is 5.51. The zero-order valence-corrected chi connectivity index (χ0v) is 17.4. The van der Waals surface area contributed by atoms with Crippen LogP contribution >= 0.6 is 0 Å². The molecule has 0 bridgehead atoms. The van der Waals surface area contributed by atoms with Gasteiger partial charge in [-0.15, -0.1) is 0 Å². The molecule has 0 heterocycles. The highest BCUT2D eigenvalue weighted by Crippen LogP contribution is 2.33. The van der Waals surface area contributed by atoms with Gasteiger partial charge in [-0.1, -0.05) is 12.1 Å². The summed E-state index contributed by atoms with van der Waals surface area (Å²) in [6.07, 6.45) is 0. The van der Waals surface area contributed by atoms with E-state index < -0.39 is 0 Å². The van der Waals surface area contributed by atoms with Crippen LogP contribution in [0.5, 0.6) is 23.0 Å². The number of aliphatic imine (C=N–C) groups is 1. The molecule has 2 rings (SSSR count). The lowest BCUT2D eigenvalue weighted by Gasteiger charge is -2.23. The van der Waals surface area contributed by atoms with Gasteiger partial charge in [0.15, 0.2) is 5.96 Å². The predicted molar refractivity (Wildman–Crippen MR) is 111 cm³/mol. The van der Waals surface area contributed by atoms with E-state index in [2.05, 4.69) is 10.3 Å². The molecule has 2 aromatic carbocycles. The van der Waals surface area contributed by atoms with Gasteiger partial charge >= 0.3 is 0 Å². The van der Waals surface area contributed by atoms with Gasteiger partial charge in [-0.05, 0) is 17.7 Å². The topological polar surface area (TPSA) is 64.6 Å². The van der Waals surface area contributed by atoms with Crippen LogP contribution in [0.4, 0.5) is 0 Å². The molecule has 0 spiro atoms. The average molecular weight is 387 g/mol. The van der Waals surface area contributed by atoms with Crippen LogP contribution in [0.3, 0.4) is 0 Å². The van der Waals surface area contributed by atoms with Gasteiger partial charge < -0.3 is 29.2 Å². The van der Waals surface area contributed by atoms with Crippen molar-refractivity contribution < 1.29 is 18.9 Å². The van der Waals surface area contributed by atoms with E-state index in [-0.39, 0.29) is 0 Å². The number of guanidine groups is 1. The van der Waals surface area contributed by atoms with Crippen molar-refractivity contribution in [1.82, 2.24) is 10.2 Å². The molecule has 1 N–H and O–H groups in total. The van der Waals surface area contributed by atoms with Crippen molar-refractivity contribution in [3.05, 3.63) is 47.5 Å². The molecule has 0 aliphatic heterocycles. The summed E-state index contributed by atoms with van der Waals surface area (Å²) in [5.41, 5.74) is 2.05. The van der Waals surface area contributed by atoms with E-state index in [0.717, 1.165) is 22.8 Å². The Bertz CT molecular complexity index is 766. The Morgan fingerprint density at radius 2 is 1.46 bits per heavy atom.